The molecule has 2 aromatic carbocycles. The lowest BCUT2D eigenvalue weighted by atomic mass is 10.0. The molecule has 0 spiro atoms. The average molecular weight is 379 g/mol. The predicted molar refractivity (Wildman–Crippen MR) is 109 cm³/mol. The average Bonchev–Trinajstić information content (AvgIpc) is 2.72. The third-order valence-corrected chi connectivity index (χ3v) is 3.84. The lowest BCUT2D eigenvalue weighted by Crippen LogP contribution is -2.23. The summed E-state index contributed by atoms with van der Waals surface area (Å²) in [4.78, 5) is 28.7. The van der Waals surface area contributed by atoms with Gasteiger partial charge in [-0.25, -0.2) is 9.59 Å². The van der Waals surface area contributed by atoms with Gasteiger partial charge in [0.05, 0.1) is 18.9 Å². The van der Waals surface area contributed by atoms with Crippen LogP contribution in [0.3, 0.4) is 0 Å². The predicted octanol–water partition coefficient (Wildman–Crippen LogP) is 3.97. The van der Waals surface area contributed by atoms with E-state index in [2.05, 4.69) is 0 Å². The van der Waals surface area contributed by atoms with Crippen LogP contribution in [0.15, 0.2) is 77.8 Å². The van der Waals surface area contributed by atoms with Crippen LogP contribution in [0.1, 0.15) is 31.4 Å². The maximum absolute atomic E-state index is 12.5. The Labute approximate surface area is 165 Å². The monoisotopic (exact) mass is 379 g/mol. The molecular formula is C23H25NO4. The van der Waals surface area contributed by atoms with Gasteiger partial charge in [-0.1, -0.05) is 66.7 Å². The zero-order chi connectivity index (χ0) is 20.2. The maximum atomic E-state index is 12.5. The van der Waals surface area contributed by atoms with Gasteiger partial charge in [-0.05, 0) is 20.3 Å². The van der Waals surface area contributed by atoms with E-state index in [-0.39, 0.29) is 13.0 Å². The number of aliphatic imine (C=N–C) groups is 1. The second kappa shape index (κ2) is 11.5. The van der Waals surface area contributed by atoms with Crippen molar-refractivity contribution in [3.8, 4) is 0 Å². The van der Waals surface area contributed by atoms with E-state index in [1.54, 1.807) is 19.9 Å². The molecule has 0 aliphatic rings. The number of carbonyl (C=O) groups excluding carboxylic acids is 2. The van der Waals surface area contributed by atoms with E-state index in [1.807, 2.05) is 60.7 Å². The SMILES string of the molecule is CCOC(=O)/C=C/CC(N=C(c1ccccc1)c1ccccc1)C(=O)OCC. The van der Waals surface area contributed by atoms with Gasteiger partial charge in [-0.2, -0.15) is 0 Å². The summed E-state index contributed by atoms with van der Waals surface area (Å²) in [7, 11) is 0. The fraction of sp³-hybridized carbons (Fsp3) is 0.261. The fourth-order valence-corrected chi connectivity index (χ4v) is 2.59. The second-order valence-corrected chi connectivity index (χ2v) is 5.87. The van der Waals surface area contributed by atoms with E-state index in [1.165, 1.54) is 6.08 Å². The van der Waals surface area contributed by atoms with Crippen molar-refractivity contribution in [2.45, 2.75) is 26.3 Å². The van der Waals surface area contributed by atoms with Crippen molar-refractivity contribution >= 4 is 17.7 Å². The van der Waals surface area contributed by atoms with Gasteiger partial charge in [0, 0.05) is 17.2 Å². The molecule has 1 atom stereocenters. The highest BCUT2D eigenvalue weighted by Gasteiger charge is 2.20. The summed E-state index contributed by atoms with van der Waals surface area (Å²) < 4.78 is 10.1. The Morgan fingerprint density at radius 3 is 1.93 bits per heavy atom. The topological polar surface area (TPSA) is 65.0 Å². The highest BCUT2D eigenvalue weighted by molar-refractivity contribution is 6.13. The summed E-state index contributed by atoms with van der Waals surface area (Å²) in [6, 6.07) is 18.6. The molecule has 0 fully saturated rings. The molecule has 5 heteroatoms. The molecular weight excluding hydrogens is 354 g/mol. The lowest BCUT2D eigenvalue weighted by Gasteiger charge is -2.14. The molecule has 0 amide bonds. The van der Waals surface area contributed by atoms with Gasteiger partial charge < -0.3 is 9.47 Å². The first kappa shape index (κ1) is 21.1. The third kappa shape index (κ3) is 6.50. The van der Waals surface area contributed by atoms with Crippen LogP contribution in [-0.4, -0.2) is 36.9 Å². The van der Waals surface area contributed by atoms with E-state index < -0.39 is 18.0 Å². The number of benzene rings is 2. The van der Waals surface area contributed by atoms with Gasteiger partial charge in [0.25, 0.3) is 0 Å². The van der Waals surface area contributed by atoms with Gasteiger partial charge >= 0.3 is 11.9 Å². The molecule has 0 aromatic heterocycles. The molecule has 0 saturated carbocycles. The summed E-state index contributed by atoms with van der Waals surface area (Å²) in [6.45, 7) is 4.05. The number of nitrogens with zero attached hydrogens (tertiary/aromatic N) is 1. The largest absolute Gasteiger partial charge is 0.464 e. The van der Waals surface area contributed by atoms with E-state index in [0.29, 0.717) is 12.3 Å². The summed E-state index contributed by atoms with van der Waals surface area (Å²) in [5.41, 5.74) is 2.50. The van der Waals surface area contributed by atoms with E-state index in [4.69, 9.17) is 14.5 Å². The van der Waals surface area contributed by atoms with E-state index in [0.717, 1.165) is 11.1 Å². The van der Waals surface area contributed by atoms with E-state index >= 15 is 0 Å². The summed E-state index contributed by atoms with van der Waals surface area (Å²) >= 11 is 0. The molecule has 0 N–H and O–H groups in total. The molecule has 1 unspecified atom stereocenters. The van der Waals surface area contributed by atoms with Gasteiger partial charge in [0.15, 0.2) is 6.04 Å². The minimum atomic E-state index is -0.763. The molecule has 2 rings (SSSR count). The Morgan fingerprint density at radius 2 is 1.43 bits per heavy atom. The molecule has 0 aliphatic heterocycles. The van der Waals surface area contributed by atoms with Crippen LogP contribution >= 0.6 is 0 Å². The van der Waals surface area contributed by atoms with Gasteiger partial charge in [-0.15, -0.1) is 0 Å². The highest BCUT2D eigenvalue weighted by Crippen LogP contribution is 2.14. The lowest BCUT2D eigenvalue weighted by molar-refractivity contribution is -0.144. The smallest absolute Gasteiger partial charge is 0.331 e. The van der Waals surface area contributed by atoms with Gasteiger partial charge in [0.1, 0.15) is 0 Å². The maximum Gasteiger partial charge on any atom is 0.331 e. The first-order chi connectivity index (χ1) is 13.7. The molecule has 0 radical (unpaired) electrons. The third-order valence-electron chi connectivity index (χ3n) is 3.84. The Hall–Kier alpha value is -3.21. The van der Waals surface area contributed by atoms with Crippen molar-refractivity contribution in [3.63, 3.8) is 0 Å². The van der Waals surface area contributed by atoms with E-state index in [9.17, 15) is 9.59 Å². The quantitative estimate of drug-likeness (QED) is 0.376. The first-order valence-corrected chi connectivity index (χ1v) is 9.34. The first-order valence-electron chi connectivity index (χ1n) is 9.34. The van der Waals surface area contributed by atoms with Crippen LogP contribution in [0.5, 0.6) is 0 Å². The van der Waals surface area contributed by atoms with Crippen molar-refractivity contribution < 1.29 is 19.1 Å². The zero-order valence-electron chi connectivity index (χ0n) is 16.2. The Balaban J connectivity index is 2.37. The Morgan fingerprint density at radius 1 is 0.893 bits per heavy atom. The summed E-state index contributed by atoms with van der Waals surface area (Å²) in [5.74, 6) is -0.874. The van der Waals surface area contributed by atoms with Crippen molar-refractivity contribution in [2.24, 2.45) is 4.99 Å². The zero-order valence-corrected chi connectivity index (χ0v) is 16.2. The Bertz CT molecular complexity index is 772. The molecule has 28 heavy (non-hydrogen) atoms. The molecule has 146 valence electrons. The normalized spacial score (nSPS) is 11.6. The fourth-order valence-electron chi connectivity index (χ4n) is 2.59. The molecule has 0 aliphatic carbocycles. The van der Waals surface area contributed by atoms with Crippen LogP contribution in [0.2, 0.25) is 0 Å². The van der Waals surface area contributed by atoms with Gasteiger partial charge in [0.2, 0.25) is 0 Å². The number of carbonyl (C=O) groups is 2. The van der Waals surface area contributed by atoms with Crippen LogP contribution < -0.4 is 0 Å². The standard InChI is InChI=1S/C23H25NO4/c1-3-27-21(25)17-11-16-20(23(26)28-4-2)24-22(18-12-7-5-8-13-18)19-14-9-6-10-15-19/h5-15,17,20H,3-4,16H2,1-2H3/b17-11+. The van der Waals surface area contributed by atoms with Crippen LogP contribution in [-0.2, 0) is 19.1 Å². The van der Waals surface area contributed by atoms with Crippen LogP contribution in [0.25, 0.3) is 0 Å². The van der Waals surface area contributed by atoms with Gasteiger partial charge in [-0.3, -0.25) is 4.99 Å². The summed E-state index contributed by atoms with van der Waals surface area (Å²) in [5, 5.41) is 0. The van der Waals surface area contributed by atoms with Crippen molar-refractivity contribution in [1.29, 1.82) is 0 Å². The van der Waals surface area contributed by atoms with Crippen molar-refractivity contribution in [3.05, 3.63) is 83.9 Å². The number of esters is 2. The highest BCUT2D eigenvalue weighted by atomic mass is 16.5. The van der Waals surface area contributed by atoms with Crippen molar-refractivity contribution in [2.75, 3.05) is 13.2 Å². The number of hydrogen-bond acceptors (Lipinski definition) is 5. The molecule has 0 bridgehead atoms. The molecule has 5 nitrogen and oxygen atoms in total. The van der Waals surface area contributed by atoms with Crippen LogP contribution in [0.4, 0.5) is 0 Å². The van der Waals surface area contributed by atoms with Crippen LogP contribution in [0, 0.1) is 0 Å². The molecule has 2 aromatic rings. The minimum absolute atomic E-state index is 0.237. The van der Waals surface area contributed by atoms with Crippen molar-refractivity contribution in [1.82, 2.24) is 0 Å². The number of rotatable bonds is 9. The molecule has 0 heterocycles. The molecule has 0 saturated heterocycles. The second-order valence-electron chi connectivity index (χ2n) is 5.87. The number of hydrogen-bond donors (Lipinski definition) is 0. The Kier molecular flexibility index (Phi) is 8.66. The summed E-state index contributed by atoms with van der Waals surface area (Å²) in [6.07, 6.45) is 3.15. The minimum Gasteiger partial charge on any atom is -0.464 e. The number of ether oxygens (including phenoxy) is 2.